The number of aliphatic hydroxyl groups is 1. The number of benzene rings is 1. The van der Waals surface area contributed by atoms with Gasteiger partial charge in [-0.15, -0.1) is 26.9 Å². The molecule has 35 heavy (non-hydrogen) atoms. The van der Waals surface area contributed by atoms with E-state index in [0.717, 1.165) is 0 Å². The number of alkyl halides is 3. The molecule has 3 aromatic rings. The van der Waals surface area contributed by atoms with Gasteiger partial charge in [-0.25, -0.2) is 13.5 Å². The first-order chi connectivity index (χ1) is 16.9. The number of halogens is 3. The molecule has 2 unspecified atom stereocenters. The summed E-state index contributed by atoms with van der Waals surface area (Å²) >= 11 is 5.55. The zero-order chi connectivity index (χ0) is 24.9. The van der Waals surface area contributed by atoms with Gasteiger partial charge in [-0.1, -0.05) is 17.3 Å². The fourth-order valence-corrected chi connectivity index (χ4v) is 3.82. The second-order valence-corrected chi connectivity index (χ2v) is 8.32. The molecule has 3 heterocycles. The van der Waals surface area contributed by atoms with E-state index >= 15 is 0 Å². The lowest BCUT2D eigenvalue weighted by atomic mass is 10.0. The normalized spacial score (nSPS) is 18.1. The SMILES string of the molecule is Cc1nnn(-c2ccc(C(F)F)cc2)c1COc1ccc(N2CCC(O)C(NC(=O)CCl)C2)nn1. The molecule has 1 amide bonds. The highest BCUT2D eigenvalue weighted by atomic mass is 35.5. The van der Waals surface area contributed by atoms with E-state index in [2.05, 4.69) is 25.8 Å². The largest absolute Gasteiger partial charge is 0.470 e. The summed E-state index contributed by atoms with van der Waals surface area (Å²) in [6.07, 6.45) is -2.75. The Labute approximate surface area is 204 Å². The number of rotatable bonds is 8. The number of hydrogen-bond acceptors (Lipinski definition) is 8. The molecule has 10 nitrogen and oxygen atoms in total. The summed E-state index contributed by atoms with van der Waals surface area (Å²) in [6, 6.07) is 8.73. The molecular formula is C22H24ClF2N7O3. The number of nitrogens with zero attached hydrogens (tertiary/aromatic N) is 6. The second-order valence-electron chi connectivity index (χ2n) is 8.05. The van der Waals surface area contributed by atoms with E-state index in [4.69, 9.17) is 16.3 Å². The highest BCUT2D eigenvalue weighted by Crippen LogP contribution is 2.22. The molecule has 1 aliphatic rings. The molecule has 2 N–H and O–H groups in total. The Hall–Kier alpha value is -3.38. The number of hydrogen-bond donors (Lipinski definition) is 2. The molecule has 0 aliphatic carbocycles. The van der Waals surface area contributed by atoms with E-state index in [0.29, 0.717) is 42.4 Å². The van der Waals surface area contributed by atoms with Gasteiger partial charge in [0.05, 0.1) is 23.5 Å². The van der Waals surface area contributed by atoms with Crippen LogP contribution in [0.25, 0.3) is 5.69 Å². The third-order valence-corrected chi connectivity index (χ3v) is 5.94. The van der Waals surface area contributed by atoms with Crippen LogP contribution in [0.4, 0.5) is 14.6 Å². The van der Waals surface area contributed by atoms with Crippen molar-refractivity contribution in [3.63, 3.8) is 0 Å². The highest BCUT2D eigenvalue weighted by Gasteiger charge is 2.29. The van der Waals surface area contributed by atoms with Gasteiger partial charge in [-0.3, -0.25) is 4.79 Å². The first-order valence-electron chi connectivity index (χ1n) is 10.9. The Morgan fingerprint density at radius 3 is 2.66 bits per heavy atom. The molecule has 0 bridgehead atoms. The van der Waals surface area contributed by atoms with Crippen molar-refractivity contribution in [2.24, 2.45) is 0 Å². The average Bonchev–Trinajstić information content (AvgIpc) is 3.24. The molecule has 1 fully saturated rings. The smallest absolute Gasteiger partial charge is 0.263 e. The van der Waals surface area contributed by atoms with Crippen LogP contribution in [0.2, 0.25) is 0 Å². The van der Waals surface area contributed by atoms with Crippen LogP contribution in [-0.2, 0) is 11.4 Å². The van der Waals surface area contributed by atoms with Gasteiger partial charge in [0, 0.05) is 24.7 Å². The van der Waals surface area contributed by atoms with Crippen LogP contribution in [0.15, 0.2) is 36.4 Å². The van der Waals surface area contributed by atoms with Gasteiger partial charge < -0.3 is 20.1 Å². The van der Waals surface area contributed by atoms with Crippen molar-refractivity contribution in [1.29, 1.82) is 0 Å². The van der Waals surface area contributed by atoms with Crippen molar-refractivity contribution >= 4 is 23.3 Å². The van der Waals surface area contributed by atoms with E-state index in [-0.39, 0.29) is 29.8 Å². The van der Waals surface area contributed by atoms with Crippen molar-refractivity contribution in [1.82, 2.24) is 30.5 Å². The van der Waals surface area contributed by atoms with E-state index in [1.165, 1.54) is 16.8 Å². The molecule has 2 aromatic heterocycles. The molecule has 1 aromatic carbocycles. The molecule has 13 heteroatoms. The van der Waals surface area contributed by atoms with Crippen LogP contribution in [0, 0.1) is 6.92 Å². The topological polar surface area (TPSA) is 118 Å². The van der Waals surface area contributed by atoms with Crippen molar-refractivity contribution in [3.8, 4) is 11.6 Å². The van der Waals surface area contributed by atoms with Crippen molar-refractivity contribution < 1.29 is 23.4 Å². The number of nitrogens with one attached hydrogen (secondary N) is 1. The Bertz CT molecular complexity index is 1140. The molecule has 0 radical (unpaired) electrons. The van der Waals surface area contributed by atoms with E-state index in [9.17, 15) is 18.7 Å². The van der Waals surface area contributed by atoms with Gasteiger partial charge >= 0.3 is 0 Å². The van der Waals surface area contributed by atoms with Crippen LogP contribution < -0.4 is 15.0 Å². The van der Waals surface area contributed by atoms with Crippen molar-refractivity contribution in [2.75, 3.05) is 23.9 Å². The summed E-state index contributed by atoms with van der Waals surface area (Å²) in [5.41, 5.74) is 1.78. The van der Waals surface area contributed by atoms with Crippen molar-refractivity contribution in [2.45, 2.75) is 38.5 Å². The third-order valence-electron chi connectivity index (χ3n) is 5.70. The maximum absolute atomic E-state index is 12.8. The highest BCUT2D eigenvalue weighted by molar-refractivity contribution is 6.27. The Balaban J connectivity index is 1.40. The first kappa shape index (κ1) is 24.7. The Kier molecular flexibility index (Phi) is 7.71. The minimum Gasteiger partial charge on any atom is -0.470 e. The van der Waals surface area contributed by atoms with Gasteiger partial charge in [0.1, 0.15) is 18.2 Å². The molecule has 1 saturated heterocycles. The van der Waals surface area contributed by atoms with Gasteiger partial charge in [-0.2, -0.15) is 0 Å². The Morgan fingerprint density at radius 1 is 1.23 bits per heavy atom. The van der Waals surface area contributed by atoms with Gasteiger partial charge in [0.25, 0.3) is 6.43 Å². The van der Waals surface area contributed by atoms with E-state index < -0.39 is 18.6 Å². The molecule has 186 valence electrons. The molecule has 0 spiro atoms. The lowest BCUT2D eigenvalue weighted by Gasteiger charge is -2.36. The summed E-state index contributed by atoms with van der Waals surface area (Å²) < 4.78 is 33.0. The maximum atomic E-state index is 12.8. The van der Waals surface area contributed by atoms with E-state index in [1.54, 1.807) is 31.2 Å². The predicted molar refractivity (Wildman–Crippen MR) is 123 cm³/mol. The fraction of sp³-hybridized carbons (Fsp3) is 0.409. The number of aliphatic hydroxyl groups excluding tert-OH is 1. The number of anilines is 1. The lowest BCUT2D eigenvalue weighted by molar-refractivity contribution is -0.120. The zero-order valence-corrected chi connectivity index (χ0v) is 19.6. The molecule has 4 rings (SSSR count). The Morgan fingerprint density at radius 2 is 2.00 bits per heavy atom. The predicted octanol–water partition coefficient (Wildman–Crippen LogP) is 2.18. The quantitative estimate of drug-likeness (QED) is 0.445. The molecular weight excluding hydrogens is 484 g/mol. The number of aryl methyl sites for hydroxylation is 1. The number of carbonyl (C=O) groups excluding carboxylic acids is 1. The third kappa shape index (κ3) is 5.82. The number of piperidine rings is 1. The first-order valence-corrected chi connectivity index (χ1v) is 11.4. The van der Waals surface area contributed by atoms with E-state index in [1.807, 2.05) is 4.90 Å². The van der Waals surface area contributed by atoms with Crippen LogP contribution in [0.1, 0.15) is 29.8 Å². The molecule has 2 atom stereocenters. The van der Waals surface area contributed by atoms with Crippen LogP contribution >= 0.6 is 11.6 Å². The van der Waals surface area contributed by atoms with Gasteiger partial charge in [0.15, 0.2) is 5.82 Å². The monoisotopic (exact) mass is 507 g/mol. The van der Waals surface area contributed by atoms with Gasteiger partial charge in [-0.05, 0) is 31.5 Å². The summed E-state index contributed by atoms with van der Waals surface area (Å²) in [5.74, 6) is 0.333. The standard InChI is InChI=1S/C22H24ClF2N7O3/c1-13-17(32(30-27-13)15-4-2-14(3-5-15)22(24)25)12-35-21-7-6-19(28-29-21)31-9-8-18(33)16(11-31)26-20(34)10-23/h2-7,16,18,22,33H,8-12H2,1H3,(H,26,34). The van der Waals surface area contributed by atoms with Gasteiger partial charge in [0.2, 0.25) is 11.8 Å². The summed E-state index contributed by atoms with van der Waals surface area (Å²) in [6.45, 7) is 2.78. The molecule has 1 aliphatic heterocycles. The summed E-state index contributed by atoms with van der Waals surface area (Å²) in [7, 11) is 0. The molecule has 0 saturated carbocycles. The summed E-state index contributed by atoms with van der Waals surface area (Å²) in [5, 5.41) is 29.4. The zero-order valence-electron chi connectivity index (χ0n) is 18.8. The minimum atomic E-state index is -2.55. The number of ether oxygens (including phenoxy) is 1. The fourth-order valence-electron chi connectivity index (χ4n) is 3.75. The number of amides is 1. The number of aromatic nitrogens is 5. The van der Waals surface area contributed by atoms with Crippen LogP contribution in [0.3, 0.4) is 0 Å². The van der Waals surface area contributed by atoms with Crippen LogP contribution in [0.5, 0.6) is 5.88 Å². The second kappa shape index (κ2) is 10.9. The maximum Gasteiger partial charge on any atom is 0.263 e. The van der Waals surface area contributed by atoms with Crippen LogP contribution in [-0.4, -0.2) is 67.3 Å². The lowest BCUT2D eigenvalue weighted by Crippen LogP contribution is -2.55. The summed E-state index contributed by atoms with van der Waals surface area (Å²) in [4.78, 5) is 13.5. The minimum absolute atomic E-state index is 0.0743. The average molecular weight is 508 g/mol. The number of carbonyl (C=O) groups is 1. The van der Waals surface area contributed by atoms with Crippen molar-refractivity contribution in [3.05, 3.63) is 53.3 Å².